The van der Waals surface area contributed by atoms with E-state index in [0.29, 0.717) is 18.7 Å². The Bertz CT molecular complexity index is 445. The molecule has 0 N–H and O–H groups in total. The Labute approximate surface area is 121 Å². The van der Waals surface area contributed by atoms with E-state index in [0.717, 1.165) is 4.67 Å². The summed E-state index contributed by atoms with van der Waals surface area (Å²) in [6.07, 6.45) is 1.24. The first-order chi connectivity index (χ1) is 8.84. The minimum absolute atomic E-state index is 0.218. The Kier molecular flexibility index (Phi) is 6.25. The van der Waals surface area contributed by atoms with E-state index in [4.69, 9.17) is 22.8 Å². The zero-order valence-corrected chi connectivity index (χ0v) is 12.9. The Balaban J connectivity index is 2.88. The molecule has 0 spiro atoms. The zero-order valence-electron chi connectivity index (χ0n) is 10.5. The van der Waals surface area contributed by atoms with Crippen LogP contribution in [0.1, 0.15) is 18.4 Å². The van der Waals surface area contributed by atoms with Gasteiger partial charge in [-0.2, -0.15) is 8.78 Å². The minimum atomic E-state index is -4.32. The lowest BCUT2D eigenvalue weighted by Gasteiger charge is -2.29. The molecule has 1 rings (SSSR count). The van der Waals surface area contributed by atoms with Crippen molar-refractivity contribution in [1.29, 1.82) is 0 Å². The number of benzene rings is 1. The van der Waals surface area contributed by atoms with Gasteiger partial charge in [-0.25, -0.2) is 4.67 Å². The van der Waals surface area contributed by atoms with E-state index in [9.17, 15) is 13.3 Å². The number of halogens is 4. The molecular weight excluding hydrogens is 314 g/mol. The topological polar surface area (TPSA) is 20.3 Å². The van der Waals surface area contributed by atoms with E-state index >= 15 is 0 Å². The standard InChI is InChI=1S/C12H16Cl2F2NOP/c1-17(10-6-5-9-13)19(14,18)12(15,16)11-7-3-2-4-8-11/h2-4,7-8H,5-6,9-10H2,1H3. The molecule has 0 aliphatic heterocycles. The van der Waals surface area contributed by atoms with Gasteiger partial charge in [-0.05, 0) is 31.1 Å². The van der Waals surface area contributed by atoms with Crippen molar-refractivity contribution in [3.8, 4) is 0 Å². The molecule has 108 valence electrons. The largest absolute Gasteiger partial charge is 0.349 e. The summed E-state index contributed by atoms with van der Waals surface area (Å²) in [6, 6.07) is 6.99. The van der Waals surface area contributed by atoms with Crippen LogP contribution in [0.2, 0.25) is 0 Å². The van der Waals surface area contributed by atoms with E-state index in [1.54, 1.807) is 6.07 Å². The molecule has 0 radical (unpaired) electrons. The van der Waals surface area contributed by atoms with Crippen molar-refractivity contribution in [2.75, 3.05) is 19.5 Å². The third-order valence-electron chi connectivity index (χ3n) is 2.77. The van der Waals surface area contributed by atoms with Crippen LogP contribution >= 0.6 is 29.5 Å². The van der Waals surface area contributed by atoms with Crippen LogP contribution in [0.5, 0.6) is 0 Å². The highest BCUT2D eigenvalue weighted by atomic mass is 35.7. The number of rotatable bonds is 7. The molecule has 0 bridgehead atoms. The average Bonchev–Trinajstić information content (AvgIpc) is 2.39. The van der Waals surface area contributed by atoms with Gasteiger partial charge in [0.15, 0.2) is 0 Å². The van der Waals surface area contributed by atoms with Crippen LogP contribution in [0.3, 0.4) is 0 Å². The summed E-state index contributed by atoms with van der Waals surface area (Å²) in [5.74, 6) is 0.440. The predicted molar refractivity (Wildman–Crippen MR) is 76.4 cm³/mol. The molecule has 7 heteroatoms. The number of hydrogen-bond acceptors (Lipinski definition) is 1. The van der Waals surface area contributed by atoms with Crippen molar-refractivity contribution in [2.45, 2.75) is 18.5 Å². The maximum Gasteiger partial charge on any atom is 0.349 e. The van der Waals surface area contributed by atoms with Crippen LogP contribution in [-0.4, -0.2) is 24.1 Å². The van der Waals surface area contributed by atoms with Gasteiger partial charge in [0.25, 0.3) is 0 Å². The molecule has 0 saturated carbocycles. The monoisotopic (exact) mass is 329 g/mol. The van der Waals surface area contributed by atoms with Gasteiger partial charge >= 0.3 is 12.3 Å². The summed E-state index contributed by atoms with van der Waals surface area (Å²) in [5, 5.41) is 0. The highest BCUT2D eigenvalue weighted by molar-refractivity contribution is 7.87. The van der Waals surface area contributed by atoms with Gasteiger partial charge in [0, 0.05) is 18.0 Å². The first kappa shape index (κ1) is 16.9. The maximum absolute atomic E-state index is 14.2. The van der Waals surface area contributed by atoms with Crippen molar-refractivity contribution in [2.24, 2.45) is 0 Å². The van der Waals surface area contributed by atoms with Gasteiger partial charge in [0.05, 0.1) is 0 Å². The lowest BCUT2D eigenvalue weighted by Crippen LogP contribution is -2.24. The number of nitrogens with zero attached hydrogens (tertiary/aromatic N) is 1. The van der Waals surface area contributed by atoms with Gasteiger partial charge in [-0.3, -0.25) is 4.57 Å². The Morgan fingerprint density at radius 3 is 2.37 bits per heavy atom. The zero-order chi connectivity index (χ0) is 14.5. The molecule has 0 aromatic heterocycles. The summed E-state index contributed by atoms with van der Waals surface area (Å²) in [4.78, 5) is 0. The second-order valence-corrected chi connectivity index (χ2v) is 8.19. The Hall–Kier alpha value is -0.150. The smallest absolute Gasteiger partial charge is 0.282 e. The van der Waals surface area contributed by atoms with E-state index in [1.165, 1.54) is 31.3 Å². The summed E-state index contributed by atoms with van der Waals surface area (Å²) < 4.78 is 41.7. The highest BCUT2D eigenvalue weighted by Crippen LogP contribution is 2.70. The maximum atomic E-state index is 14.2. The van der Waals surface area contributed by atoms with E-state index in [1.807, 2.05) is 0 Å². The van der Waals surface area contributed by atoms with Crippen LogP contribution in [0.15, 0.2) is 30.3 Å². The van der Waals surface area contributed by atoms with Crippen molar-refractivity contribution in [3.05, 3.63) is 35.9 Å². The molecule has 0 fully saturated rings. The van der Waals surface area contributed by atoms with Crippen molar-refractivity contribution < 1.29 is 13.3 Å². The number of alkyl halides is 3. The minimum Gasteiger partial charge on any atom is -0.282 e. The van der Waals surface area contributed by atoms with Gasteiger partial charge in [-0.1, -0.05) is 30.3 Å². The van der Waals surface area contributed by atoms with Crippen molar-refractivity contribution >= 4 is 29.5 Å². The summed E-state index contributed by atoms with van der Waals surface area (Å²) in [5.41, 5.74) is -3.91. The molecule has 1 aromatic carbocycles. The van der Waals surface area contributed by atoms with Crippen LogP contribution in [0.25, 0.3) is 0 Å². The lowest BCUT2D eigenvalue weighted by molar-refractivity contribution is 0.0828. The molecular formula is C12H16Cl2F2NOP. The fourth-order valence-corrected chi connectivity index (χ4v) is 3.58. The van der Waals surface area contributed by atoms with Gasteiger partial charge < -0.3 is 0 Å². The molecule has 0 heterocycles. The van der Waals surface area contributed by atoms with Gasteiger partial charge in [0.2, 0.25) is 0 Å². The third-order valence-corrected chi connectivity index (χ3v) is 6.48. The van der Waals surface area contributed by atoms with E-state index < -0.39 is 12.3 Å². The molecule has 0 saturated heterocycles. The van der Waals surface area contributed by atoms with E-state index in [-0.39, 0.29) is 12.1 Å². The molecule has 1 atom stereocenters. The third kappa shape index (κ3) is 3.91. The summed E-state index contributed by atoms with van der Waals surface area (Å²) in [7, 11) is 1.35. The van der Waals surface area contributed by atoms with Gasteiger partial charge in [0.1, 0.15) is 0 Å². The number of unbranched alkanes of at least 4 members (excludes halogenated alkanes) is 1. The first-order valence-electron chi connectivity index (χ1n) is 5.84. The fraction of sp³-hybridized carbons (Fsp3) is 0.500. The first-order valence-corrected chi connectivity index (χ1v) is 8.94. The second-order valence-electron chi connectivity index (χ2n) is 4.19. The number of hydrogen-bond donors (Lipinski definition) is 0. The average molecular weight is 330 g/mol. The summed E-state index contributed by atoms with van der Waals surface area (Å²) in [6.45, 7) is -4.10. The Morgan fingerprint density at radius 2 is 1.84 bits per heavy atom. The van der Waals surface area contributed by atoms with Crippen LogP contribution in [-0.2, 0) is 10.2 Å². The van der Waals surface area contributed by atoms with Crippen LogP contribution in [0.4, 0.5) is 8.78 Å². The van der Waals surface area contributed by atoms with Gasteiger partial charge in [-0.15, -0.1) is 11.6 Å². The van der Waals surface area contributed by atoms with Crippen molar-refractivity contribution in [3.63, 3.8) is 0 Å². The SMILES string of the molecule is CN(CCCCCl)P(=O)(Cl)C(F)(F)c1ccccc1. The van der Waals surface area contributed by atoms with Crippen molar-refractivity contribution in [1.82, 2.24) is 4.67 Å². The van der Waals surface area contributed by atoms with Crippen LogP contribution < -0.4 is 0 Å². The molecule has 2 nitrogen and oxygen atoms in total. The quantitative estimate of drug-likeness (QED) is 0.393. The highest BCUT2D eigenvalue weighted by Gasteiger charge is 2.53. The fourth-order valence-electron chi connectivity index (χ4n) is 1.58. The van der Waals surface area contributed by atoms with E-state index in [2.05, 4.69) is 0 Å². The second kappa shape index (κ2) is 7.03. The lowest BCUT2D eigenvalue weighted by atomic mass is 10.2. The molecule has 0 aliphatic rings. The Morgan fingerprint density at radius 1 is 1.26 bits per heavy atom. The molecule has 19 heavy (non-hydrogen) atoms. The predicted octanol–water partition coefficient (Wildman–Crippen LogP) is 5.12. The molecule has 0 amide bonds. The molecule has 0 aliphatic carbocycles. The normalized spacial score (nSPS) is 15.5. The van der Waals surface area contributed by atoms with Crippen LogP contribution in [0, 0.1) is 0 Å². The molecule has 1 aromatic rings. The summed E-state index contributed by atoms with van der Waals surface area (Å²) >= 11 is 11.2. The molecule has 1 unspecified atom stereocenters.